The molecule has 1 heterocycles. The number of ether oxygens (including phenoxy) is 1. The van der Waals surface area contributed by atoms with E-state index in [0.717, 1.165) is 12.1 Å². The first-order valence-corrected chi connectivity index (χ1v) is 5.14. The summed E-state index contributed by atoms with van der Waals surface area (Å²) in [6.07, 6.45) is -0.859. The molecule has 0 saturated carbocycles. The molecule has 4 N–H and O–H groups in total. The number of nitrogens with two attached hydrogens (primary N) is 1. The zero-order chi connectivity index (χ0) is 10.7. The van der Waals surface area contributed by atoms with E-state index in [1.165, 1.54) is 0 Å². The second kappa shape index (κ2) is 4.61. The molecule has 4 heteroatoms. The Bertz CT molecular complexity index is 324. The standard InChI is InChI=1S/C11H16N2O2/c12-9-4-2-1-3-8(9)11(14)10-7-13-5-6-15-10/h1-4,10-11,13-14H,5-7,12H2. The van der Waals surface area contributed by atoms with Gasteiger partial charge in [-0.15, -0.1) is 0 Å². The maximum absolute atomic E-state index is 10.1. The Labute approximate surface area is 89.0 Å². The van der Waals surface area contributed by atoms with Crippen LogP contribution in [0.1, 0.15) is 11.7 Å². The lowest BCUT2D eigenvalue weighted by Crippen LogP contribution is -2.42. The summed E-state index contributed by atoms with van der Waals surface area (Å²) in [6.45, 7) is 2.14. The summed E-state index contributed by atoms with van der Waals surface area (Å²) in [7, 11) is 0. The van der Waals surface area contributed by atoms with Gasteiger partial charge in [-0.25, -0.2) is 0 Å². The van der Waals surface area contributed by atoms with E-state index in [4.69, 9.17) is 10.5 Å². The van der Waals surface area contributed by atoms with Crippen LogP contribution in [0.2, 0.25) is 0 Å². The summed E-state index contributed by atoms with van der Waals surface area (Å²) < 4.78 is 5.48. The van der Waals surface area contributed by atoms with Crippen molar-refractivity contribution in [2.45, 2.75) is 12.2 Å². The van der Waals surface area contributed by atoms with Crippen molar-refractivity contribution in [2.75, 3.05) is 25.4 Å². The number of nitrogens with one attached hydrogen (secondary N) is 1. The van der Waals surface area contributed by atoms with E-state index in [1.807, 2.05) is 18.2 Å². The van der Waals surface area contributed by atoms with Crippen LogP contribution in [0.25, 0.3) is 0 Å². The quantitative estimate of drug-likeness (QED) is 0.611. The first kappa shape index (κ1) is 10.4. The van der Waals surface area contributed by atoms with Crippen LogP contribution in [0.3, 0.4) is 0 Å². The van der Waals surface area contributed by atoms with Crippen molar-refractivity contribution >= 4 is 5.69 Å². The molecule has 2 rings (SSSR count). The van der Waals surface area contributed by atoms with Crippen LogP contribution in [0.4, 0.5) is 5.69 Å². The number of benzene rings is 1. The Morgan fingerprint density at radius 2 is 2.27 bits per heavy atom. The first-order valence-electron chi connectivity index (χ1n) is 5.14. The molecule has 0 spiro atoms. The molecule has 15 heavy (non-hydrogen) atoms. The summed E-state index contributed by atoms with van der Waals surface area (Å²) in [5.41, 5.74) is 7.14. The van der Waals surface area contributed by atoms with Gasteiger partial charge in [0.1, 0.15) is 12.2 Å². The highest BCUT2D eigenvalue weighted by Crippen LogP contribution is 2.24. The minimum absolute atomic E-state index is 0.205. The second-order valence-corrected chi connectivity index (χ2v) is 3.69. The molecule has 82 valence electrons. The third kappa shape index (κ3) is 2.28. The lowest BCUT2D eigenvalue weighted by Gasteiger charge is -2.28. The number of anilines is 1. The van der Waals surface area contributed by atoms with Crippen LogP contribution in [0.15, 0.2) is 24.3 Å². The zero-order valence-electron chi connectivity index (χ0n) is 8.52. The Balaban J connectivity index is 2.12. The van der Waals surface area contributed by atoms with Crippen molar-refractivity contribution in [3.63, 3.8) is 0 Å². The highest BCUT2D eigenvalue weighted by atomic mass is 16.5. The third-order valence-corrected chi connectivity index (χ3v) is 2.62. The van der Waals surface area contributed by atoms with Crippen LogP contribution in [0.5, 0.6) is 0 Å². The van der Waals surface area contributed by atoms with E-state index in [0.29, 0.717) is 18.8 Å². The van der Waals surface area contributed by atoms with E-state index in [9.17, 15) is 5.11 Å². The SMILES string of the molecule is Nc1ccccc1C(O)C1CNCCO1. The predicted octanol–water partition coefficient (Wildman–Crippen LogP) is 0.291. The minimum Gasteiger partial charge on any atom is -0.398 e. The smallest absolute Gasteiger partial charge is 0.108 e. The number of aliphatic hydroxyl groups is 1. The Morgan fingerprint density at radius 1 is 1.47 bits per heavy atom. The van der Waals surface area contributed by atoms with Crippen molar-refractivity contribution in [1.29, 1.82) is 0 Å². The summed E-state index contributed by atoms with van der Waals surface area (Å²) in [4.78, 5) is 0. The molecule has 2 unspecified atom stereocenters. The Morgan fingerprint density at radius 3 is 2.93 bits per heavy atom. The molecule has 1 aromatic rings. The molecule has 0 radical (unpaired) electrons. The average Bonchev–Trinajstić information content (AvgIpc) is 2.30. The largest absolute Gasteiger partial charge is 0.398 e. The van der Waals surface area contributed by atoms with Gasteiger partial charge >= 0.3 is 0 Å². The van der Waals surface area contributed by atoms with Crippen LogP contribution in [-0.2, 0) is 4.74 Å². The van der Waals surface area contributed by atoms with Crippen LogP contribution in [-0.4, -0.2) is 30.9 Å². The van der Waals surface area contributed by atoms with Crippen LogP contribution < -0.4 is 11.1 Å². The molecule has 0 amide bonds. The van der Waals surface area contributed by atoms with Gasteiger partial charge in [0.2, 0.25) is 0 Å². The highest BCUT2D eigenvalue weighted by molar-refractivity contribution is 5.47. The second-order valence-electron chi connectivity index (χ2n) is 3.69. The number of para-hydroxylation sites is 1. The highest BCUT2D eigenvalue weighted by Gasteiger charge is 2.24. The van der Waals surface area contributed by atoms with E-state index in [2.05, 4.69) is 5.32 Å². The molecular weight excluding hydrogens is 192 g/mol. The molecule has 0 aromatic heterocycles. The lowest BCUT2D eigenvalue weighted by molar-refractivity contribution is -0.0533. The molecule has 4 nitrogen and oxygen atoms in total. The molecule has 1 aliphatic rings. The normalized spacial score (nSPS) is 23.7. The van der Waals surface area contributed by atoms with E-state index in [-0.39, 0.29) is 6.10 Å². The maximum atomic E-state index is 10.1. The van der Waals surface area contributed by atoms with Gasteiger partial charge in [-0.05, 0) is 6.07 Å². The fraction of sp³-hybridized carbons (Fsp3) is 0.455. The van der Waals surface area contributed by atoms with Crippen LogP contribution >= 0.6 is 0 Å². The molecule has 1 fully saturated rings. The maximum Gasteiger partial charge on any atom is 0.108 e. The number of aliphatic hydroxyl groups excluding tert-OH is 1. The van der Waals surface area contributed by atoms with E-state index in [1.54, 1.807) is 6.07 Å². The summed E-state index contributed by atoms with van der Waals surface area (Å²) in [6, 6.07) is 7.34. The van der Waals surface area contributed by atoms with Gasteiger partial charge in [-0.1, -0.05) is 18.2 Å². The number of morpholine rings is 1. The summed E-state index contributed by atoms with van der Waals surface area (Å²) >= 11 is 0. The van der Waals surface area contributed by atoms with E-state index >= 15 is 0 Å². The van der Waals surface area contributed by atoms with Crippen LogP contribution in [0, 0.1) is 0 Å². The predicted molar refractivity (Wildman–Crippen MR) is 58.4 cm³/mol. The van der Waals surface area contributed by atoms with Crippen molar-refractivity contribution < 1.29 is 9.84 Å². The fourth-order valence-electron chi connectivity index (χ4n) is 1.77. The van der Waals surface area contributed by atoms with Gasteiger partial charge in [-0.2, -0.15) is 0 Å². The first-order chi connectivity index (χ1) is 7.29. The summed E-state index contributed by atoms with van der Waals surface area (Å²) in [5.74, 6) is 0. The molecule has 0 bridgehead atoms. The molecular formula is C11H16N2O2. The minimum atomic E-state index is -0.654. The zero-order valence-corrected chi connectivity index (χ0v) is 8.52. The van der Waals surface area contributed by atoms with Gasteiger partial charge in [0, 0.05) is 24.3 Å². The molecule has 1 aliphatic heterocycles. The van der Waals surface area contributed by atoms with E-state index < -0.39 is 6.10 Å². The molecule has 0 aliphatic carbocycles. The van der Waals surface area contributed by atoms with Gasteiger partial charge < -0.3 is 20.9 Å². The average molecular weight is 208 g/mol. The lowest BCUT2D eigenvalue weighted by atomic mass is 10.0. The van der Waals surface area contributed by atoms with Crippen molar-refractivity contribution in [3.8, 4) is 0 Å². The van der Waals surface area contributed by atoms with Gasteiger partial charge in [0.05, 0.1) is 6.61 Å². The number of rotatable bonds is 2. The molecule has 1 aromatic carbocycles. The topological polar surface area (TPSA) is 67.5 Å². The number of hydrogen-bond donors (Lipinski definition) is 3. The Kier molecular flexibility index (Phi) is 3.20. The van der Waals surface area contributed by atoms with Gasteiger partial charge in [0.25, 0.3) is 0 Å². The van der Waals surface area contributed by atoms with Crippen molar-refractivity contribution in [2.24, 2.45) is 0 Å². The molecule has 2 atom stereocenters. The number of hydrogen-bond acceptors (Lipinski definition) is 4. The molecule has 1 saturated heterocycles. The number of nitrogen functional groups attached to an aromatic ring is 1. The fourth-order valence-corrected chi connectivity index (χ4v) is 1.77. The van der Waals surface area contributed by atoms with Gasteiger partial charge in [0.15, 0.2) is 0 Å². The van der Waals surface area contributed by atoms with Gasteiger partial charge in [-0.3, -0.25) is 0 Å². The third-order valence-electron chi connectivity index (χ3n) is 2.62. The monoisotopic (exact) mass is 208 g/mol. The van der Waals surface area contributed by atoms with Crippen molar-refractivity contribution in [1.82, 2.24) is 5.32 Å². The van der Waals surface area contributed by atoms with Crippen molar-refractivity contribution in [3.05, 3.63) is 29.8 Å². The Hall–Kier alpha value is -1.10. The summed E-state index contributed by atoms with van der Waals surface area (Å²) in [5, 5.41) is 13.3.